The molecule has 0 unspecified atom stereocenters. The predicted octanol–water partition coefficient (Wildman–Crippen LogP) is 2.19. The Morgan fingerprint density at radius 2 is 1.83 bits per heavy atom. The van der Waals surface area contributed by atoms with Gasteiger partial charge in [0, 0.05) is 19.0 Å². The van der Waals surface area contributed by atoms with Gasteiger partial charge in [-0.05, 0) is 26.7 Å². The van der Waals surface area contributed by atoms with E-state index in [1.165, 1.54) is 25.7 Å². The lowest BCUT2D eigenvalue weighted by atomic mass is 10.1. The van der Waals surface area contributed by atoms with Crippen LogP contribution in [-0.2, 0) is 4.79 Å². The Hall–Kier alpha value is -0.530. The minimum absolute atomic E-state index is 0.233. The summed E-state index contributed by atoms with van der Waals surface area (Å²) >= 11 is 0. The predicted molar refractivity (Wildman–Crippen MR) is 49.9 cm³/mol. The molecule has 1 amide bonds. The summed E-state index contributed by atoms with van der Waals surface area (Å²) in [7, 11) is 0. The summed E-state index contributed by atoms with van der Waals surface area (Å²) in [4.78, 5) is 13.3. The van der Waals surface area contributed by atoms with E-state index >= 15 is 0 Å². The molecule has 0 heterocycles. The molecule has 1 aliphatic rings. The number of amides is 1. The SMILES string of the molecule is CC(=O)N(C(C)C)C1CCCC1. The third kappa shape index (κ3) is 1.99. The molecule has 0 aliphatic heterocycles. The van der Waals surface area contributed by atoms with Crippen molar-refractivity contribution in [3.05, 3.63) is 0 Å². The first-order valence-electron chi connectivity index (χ1n) is 4.92. The molecule has 2 heteroatoms. The maximum atomic E-state index is 11.3. The largest absolute Gasteiger partial charge is 0.338 e. The number of carbonyl (C=O) groups is 1. The van der Waals surface area contributed by atoms with Crippen LogP contribution in [0.3, 0.4) is 0 Å². The monoisotopic (exact) mass is 169 g/mol. The fourth-order valence-electron chi connectivity index (χ4n) is 2.22. The summed E-state index contributed by atoms with van der Waals surface area (Å²) in [6.07, 6.45) is 5.00. The first-order chi connectivity index (χ1) is 5.63. The van der Waals surface area contributed by atoms with Crippen LogP contribution in [0.15, 0.2) is 0 Å². The van der Waals surface area contributed by atoms with Gasteiger partial charge in [-0.2, -0.15) is 0 Å². The van der Waals surface area contributed by atoms with Crippen molar-refractivity contribution in [2.45, 2.75) is 58.5 Å². The zero-order chi connectivity index (χ0) is 9.14. The lowest BCUT2D eigenvalue weighted by molar-refractivity contribution is -0.132. The lowest BCUT2D eigenvalue weighted by Crippen LogP contribution is -2.42. The summed E-state index contributed by atoms with van der Waals surface area (Å²) in [6, 6.07) is 0.896. The highest BCUT2D eigenvalue weighted by molar-refractivity contribution is 5.73. The van der Waals surface area contributed by atoms with Crippen LogP contribution in [0, 0.1) is 0 Å². The van der Waals surface area contributed by atoms with Crippen molar-refractivity contribution in [3.8, 4) is 0 Å². The molecule has 0 radical (unpaired) electrons. The third-order valence-electron chi connectivity index (χ3n) is 2.64. The molecule has 0 saturated heterocycles. The van der Waals surface area contributed by atoms with E-state index in [1.807, 2.05) is 4.90 Å². The molecule has 12 heavy (non-hydrogen) atoms. The Morgan fingerprint density at radius 3 is 2.17 bits per heavy atom. The van der Waals surface area contributed by atoms with Gasteiger partial charge in [0.2, 0.25) is 5.91 Å². The topological polar surface area (TPSA) is 20.3 Å². The second-order valence-electron chi connectivity index (χ2n) is 3.96. The third-order valence-corrected chi connectivity index (χ3v) is 2.64. The number of carbonyl (C=O) groups excluding carboxylic acids is 1. The molecule has 2 nitrogen and oxygen atoms in total. The number of rotatable bonds is 2. The van der Waals surface area contributed by atoms with Crippen LogP contribution in [0.2, 0.25) is 0 Å². The van der Waals surface area contributed by atoms with Crippen LogP contribution in [0.5, 0.6) is 0 Å². The first-order valence-corrected chi connectivity index (χ1v) is 4.92. The van der Waals surface area contributed by atoms with Gasteiger partial charge in [-0.1, -0.05) is 12.8 Å². The van der Waals surface area contributed by atoms with Crippen LogP contribution in [0.4, 0.5) is 0 Å². The Morgan fingerprint density at radius 1 is 1.33 bits per heavy atom. The standard InChI is InChI=1S/C10H19NO/c1-8(2)11(9(3)12)10-6-4-5-7-10/h8,10H,4-7H2,1-3H3. The van der Waals surface area contributed by atoms with Crippen LogP contribution in [0.25, 0.3) is 0 Å². The van der Waals surface area contributed by atoms with Gasteiger partial charge >= 0.3 is 0 Å². The van der Waals surface area contributed by atoms with E-state index in [0.717, 1.165) is 0 Å². The van der Waals surface area contributed by atoms with Crippen molar-refractivity contribution < 1.29 is 4.79 Å². The zero-order valence-electron chi connectivity index (χ0n) is 8.34. The maximum absolute atomic E-state index is 11.3. The van der Waals surface area contributed by atoms with Gasteiger partial charge in [0.15, 0.2) is 0 Å². The van der Waals surface area contributed by atoms with Gasteiger partial charge in [0.25, 0.3) is 0 Å². The smallest absolute Gasteiger partial charge is 0.219 e. The average molecular weight is 169 g/mol. The highest BCUT2D eigenvalue weighted by atomic mass is 16.2. The lowest BCUT2D eigenvalue weighted by Gasteiger charge is -2.31. The second-order valence-corrected chi connectivity index (χ2v) is 3.96. The van der Waals surface area contributed by atoms with Gasteiger partial charge in [-0.25, -0.2) is 0 Å². The highest BCUT2D eigenvalue weighted by Gasteiger charge is 2.25. The van der Waals surface area contributed by atoms with E-state index in [-0.39, 0.29) is 5.91 Å². The van der Waals surface area contributed by atoms with E-state index in [0.29, 0.717) is 12.1 Å². The first kappa shape index (κ1) is 9.56. The molecular weight excluding hydrogens is 150 g/mol. The molecule has 0 atom stereocenters. The molecule has 0 spiro atoms. The van der Waals surface area contributed by atoms with E-state index in [9.17, 15) is 4.79 Å². The number of nitrogens with zero attached hydrogens (tertiary/aromatic N) is 1. The quantitative estimate of drug-likeness (QED) is 0.620. The van der Waals surface area contributed by atoms with Crippen LogP contribution in [-0.4, -0.2) is 22.9 Å². The van der Waals surface area contributed by atoms with Gasteiger partial charge in [-0.3, -0.25) is 4.79 Å². The van der Waals surface area contributed by atoms with E-state index in [4.69, 9.17) is 0 Å². The molecule has 0 bridgehead atoms. The molecule has 70 valence electrons. The summed E-state index contributed by atoms with van der Waals surface area (Å²) in [6.45, 7) is 5.87. The van der Waals surface area contributed by atoms with Crippen molar-refractivity contribution >= 4 is 5.91 Å². The van der Waals surface area contributed by atoms with E-state index in [1.54, 1.807) is 6.92 Å². The Bertz CT molecular complexity index is 159. The average Bonchev–Trinajstić information content (AvgIpc) is 2.37. The van der Waals surface area contributed by atoms with Gasteiger partial charge < -0.3 is 4.90 Å². The summed E-state index contributed by atoms with van der Waals surface area (Å²) in [5.41, 5.74) is 0. The molecule has 1 fully saturated rings. The molecule has 0 N–H and O–H groups in total. The zero-order valence-corrected chi connectivity index (χ0v) is 8.34. The van der Waals surface area contributed by atoms with E-state index < -0.39 is 0 Å². The molecule has 0 aromatic heterocycles. The maximum Gasteiger partial charge on any atom is 0.219 e. The number of hydrogen-bond donors (Lipinski definition) is 0. The summed E-state index contributed by atoms with van der Waals surface area (Å²) < 4.78 is 0. The molecule has 1 aliphatic carbocycles. The normalized spacial score (nSPS) is 18.7. The Balaban J connectivity index is 2.58. The van der Waals surface area contributed by atoms with Crippen LogP contribution < -0.4 is 0 Å². The molecule has 0 aromatic rings. The van der Waals surface area contributed by atoms with Crippen LogP contribution >= 0.6 is 0 Å². The Labute approximate surface area is 74.9 Å². The van der Waals surface area contributed by atoms with Crippen molar-refractivity contribution in [2.75, 3.05) is 0 Å². The molecule has 1 saturated carbocycles. The second kappa shape index (κ2) is 3.92. The van der Waals surface area contributed by atoms with Crippen molar-refractivity contribution in [1.29, 1.82) is 0 Å². The fourth-order valence-corrected chi connectivity index (χ4v) is 2.22. The van der Waals surface area contributed by atoms with Crippen molar-refractivity contribution in [1.82, 2.24) is 4.90 Å². The summed E-state index contributed by atoms with van der Waals surface area (Å²) in [5, 5.41) is 0. The van der Waals surface area contributed by atoms with Crippen molar-refractivity contribution in [2.24, 2.45) is 0 Å². The van der Waals surface area contributed by atoms with Gasteiger partial charge in [0.05, 0.1) is 0 Å². The highest BCUT2D eigenvalue weighted by Crippen LogP contribution is 2.24. The van der Waals surface area contributed by atoms with Gasteiger partial charge in [-0.15, -0.1) is 0 Å². The van der Waals surface area contributed by atoms with Crippen LogP contribution in [0.1, 0.15) is 46.5 Å². The number of hydrogen-bond acceptors (Lipinski definition) is 1. The molecule has 1 rings (SSSR count). The minimum atomic E-state index is 0.233. The fraction of sp³-hybridized carbons (Fsp3) is 0.900. The Kier molecular flexibility index (Phi) is 3.12. The molecular formula is C10H19NO. The minimum Gasteiger partial charge on any atom is -0.338 e. The summed E-state index contributed by atoms with van der Waals surface area (Å²) in [5.74, 6) is 0.233. The van der Waals surface area contributed by atoms with E-state index in [2.05, 4.69) is 13.8 Å². The van der Waals surface area contributed by atoms with Gasteiger partial charge in [0.1, 0.15) is 0 Å². The van der Waals surface area contributed by atoms with Crippen molar-refractivity contribution in [3.63, 3.8) is 0 Å². The molecule has 0 aromatic carbocycles.